The molecule has 0 bridgehead atoms. The summed E-state index contributed by atoms with van der Waals surface area (Å²) in [6, 6.07) is 3.47. The standard InChI is InChI=1S/C11H12N2O4/c1-2-11(9(16)12-10(17)13-11)6-3-4-7(14)8(15)5-6/h3-5,14-15H,2H2,1H3,(H2,12,13,16,17). The van der Waals surface area contributed by atoms with Gasteiger partial charge in [-0.25, -0.2) is 4.79 Å². The Hall–Kier alpha value is -2.24. The second-order valence-corrected chi connectivity index (χ2v) is 3.87. The number of hydrogen-bond acceptors (Lipinski definition) is 4. The molecule has 2 rings (SSSR count). The van der Waals surface area contributed by atoms with Crippen LogP contribution >= 0.6 is 0 Å². The Bertz CT molecular complexity index is 500. The van der Waals surface area contributed by atoms with Crippen molar-refractivity contribution in [1.82, 2.24) is 10.6 Å². The lowest BCUT2D eigenvalue weighted by molar-refractivity contribution is -0.124. The lowest BCUT2D eigenvalue weighted by atomic mass is 9.87. The number of nitrogens with one attached hydrogen (secondary N) is 2. The normalized spacial score (nSPS) is 23.4. The number of amides is 3. The molecule has 0 saturated carbocycles. The molecule has 1 aromatic rings. The maximum Gasteiger partial charge on any atom is 0.322 e. The first kappa shape index (κ1) is 11.3. The van der Waals surface area contributed by atoms with E-state index in [4.69, 9.17) is 0 Å². The zero-order chi connectivity index (χ0) is 12.6. The van der Waals surface area contributed by atoms with Crippen molar-refractivity contribution in [3.05, 3.63) is 23.8 Å². The molecule has 6 nitrogen and oxygen atoms in total. The number of urea groups is 1. The van der Waals surface area contributed by atoms with E-state index in [-0.39, 0.29) is 11.5 Å². The van der Waals surface area contributed by atoms with Gasteiger partial charge in [-0.05, 0) is 24.1 Å². The van der Waals surface area contributed by atoms with Gasteiger partial charge in [-0.15, -0.1) is 0 Å². The fraction of sp³-hybridized carbons (Fsp3) is 0.273. The van der Waals surface area contributed by atoms with E-state index < -0.39 is 17.5 Å². The fourth-order valence-corrected chi connectivity index (χ4v) is 1.94. The molecule has 1 unspecified atom stereocenters. The van der Waals surface area contributed by atoms with E-state index in [0.29, 0.717) is 12.0 Å². The van der Waals surface area contributed by atoms with Gasteiger partial charge in [-0.2, -0.15) is 0 Å². The summed E-state index contributed by atoms with van der Waals surface area (Å²) in [4.78, 5) is 23.0. The van der Waals surface area contributed by atoms with Crippen molar-refractivity contribution in [2.45, 2.75) is 18.9 Å². The Morgan fingerprint density at radius 2 is 1.94 bits per heavy atom. The number of carbonyl (C=O) groups is 2. The molecule has 17 heavy (non-hydrogen) atoms. The van der Waals surface area contributed by atoms with E-state index in [9.17, 15) is 19.8 Å². The van der Waals surface area contributed by atoms with Crippen LogP contribution in [0.3, 0.4) is 0 Å². The Morgan fingerprint density at radius 1 is 1.24 bits per heavy atom. The monoisotopic (exact) mass is 236 g/mol. The van der Waals surface area contributed by atoms with Crippen molar-refractivity contribution in [2.24, 2.45) is 0 Å². The topological polar surface area (TPSA) is 98.7 Å². The molecule has 3 amide bonds. The molecule has 0 radical (unpaired) electrons. The Kier molecular flexibility index (Phi) is 2.42. The van der Waals surface area contributed by atoms with Gasteiger partial charge in [0.05, 0.1) is 0 Å². The van der Waals surface area contributed by atoms with Crippen LogP contribution in [0.4, 0.5) is 4.79 Å². The molecule has 90 valence electrons. The summed E-state index contributed by atoms with van der Waals surface area (Å²) in [6.07, 6.45) is 0.342. The zero-order valence-corrected chi connectivity index (χ0v) is 9.15. The highest BCUT2D eigenvalue weighted by Crippen LogP contribution is 2.34. The molecule has 1 saturated heterocycles. The quantitative estimate of drug-likeness (QED) is 0.445. The van der Waals surface area contributed by atoms with Gasteiger partial charge in [-0.1, -0.05) is 13.0 Å². The molecule has 1 atom stereocenters. The highest BCUT2D eigenvalue weighted by atomic mass is 16.3. The molecule has 1 aliphatic heterocycles. The summed E-state index contributed by atoms with van der Waals surface area (Å²) in [5.74, 6) is -1.07. The second-order valence-electron chi connectivity index (χ2n) is 3.87. The van der Waals surface area contributed by atoms with E-state index in [2.05, 4.69) is 10.6 Å². The van der Waals surface area contributed by atoms with Crippen molar-refractivity contribution in [1.29, 1.82) is 0 Å². The number of aromatic hydroxyl groups is 2. The van der Waals surface area contributed by atoms with Gasteiger partial charge in [0, 0.05) is 0 Å². The van der Waals surface area contributed by atoms with E-state index in [1.165, 1.54) is 18.2 Å². The van der Waals surface area contributed by atoms with E-state index >= 15 is 0 Å². The van der Waals surface area contributed by atoms with Crippen LogP contribution in [-0.4, -0.2) is 22.2 Å². The van der Waals surface area contributed by atoms with Crippen LogP contribution in [0.2, 0.25) is 0 Å². The minimum absolute atomic E-state index is 0.273. The van der Waals surface area contributed by atoms with Crippen molar-refractivity contribution in [2.75, 3.05) is 0 Å². The molecule has 1 aromatic carbocycles. The van der Waals surface area contributed by atoms with Crippen molar-refractivity contribution in [3.63, 3.8) is 0 Å². The van der Waals surface area contributed by atoms with Crippen LogP contribution in [0.15, 0.2) is 18.2 Å². The third-order valence-electron chi connectivity index (χ3n) is 2.94. The van der Waals surface area contributed by atoms with Crippen LogP contribution in [0, 0.1) is 0 Å². The SMILES string of the molecule is CCC1(c2ccc(O)c(O)c2)NC(=O)NC1=O. The number of benzene rings is 1. The summed E-state index contributed by atoms with van der Waals surface area (Å²) in [5.41, 5.74) is -0.749. The predicted molar refractivity (Wildman–Crippen MR) is 58.4 cm³/mol. The minimum Gasteiger partial charge on any atom is -0.504 e. The van der Waals surface area contributed by atoms with Gasteiger partial charge in [0.15, 0.2) is 11.5 Å². The number of imide groups is 1. The molecular formula is C11H12N2O4. The first-order chi connectivity index (χ1) is 7.99. The fourth-order valence-electron chi connectivity index (χ4n) is 1.94. The van der Waals surface area contributed by atoms with Crippen LogP contribution in [0.1, 0.15) is 18.9 Å². The molecule has 0 aliphatic carbocycles. The van der Waals surface area contributed by atoms with Gasteiger partial charge in [0.2, 0.25) is 0 Å². The Labute approximate surface area is 97.3 Å². The minimum atomic E-state index is -1.18. The molecule has 4 N–H and O–H groups in total. The molecule has 0 spiro atoms. The number of phenols is 2. The molecule has 1 heterocycles. The van der Waals surface area contributed by atoms with Gasteiger partial charge in [0.25, 0.3) is 5.91 Å². The number of carbonyl (C=O) groups excluding carboxylic acids is 2. The lowest BCUT2D eigenvalue weighted by Crippen LogP contribution is -2.43. The number of phenolic OH excluding ortho intramolecular Hbond substituents is 2. The smallest absolute Gasteiger partial charge is 0.322 e. The van der Waals surface area contributed by atoms with Crippen molar-refractivity contribution in [3.8, 4) is 11.5 Å². The Morgan fingerprint density at radius 3 is 2.41 bits per heavy atom. The summed E-state index contributed by atoms with van der Waals surface area (Å²) in [6.45, 7) is 1.75. The van der Waals surface area contributed by atoms with Gasteiger partial charge in [0.1, 0.15) is 5.54 Å². The average Bonchev–Trinajstić information content (AvgIpc) is 2.58. The van der Waals surface area contributed by atoms with Gasteiger partial charge in [-0.3, -0.25) is 10.1 Å². The first-order valence-electron chi connectivity index (χ1n) is 5.15. The van der Waals surface area contributed by atoms with Gasteiger partial charge >= 0.3 is 6.03 Å². The largest absolute Gasteiger partial charge is 0.504 e. The number of hydrogen-bond donors (Lipinski definition) is 4. The summed E-state index contributed by atoms with van der Waals surface area (Å²) in [5, 5.41) is 23.3. The van der Waals surface area contributed by atoms with Gasteiger partial charge < -0.3 is 15.5 Å². The molecule has 0 aromatic heterocycles. The third kappa shape index (κ3) is 1.57. The zero-order valence-electron chi connectivity index (χ0n) is 9.15. The molecular weight excluding hydrogens is 224 g/mol. The van der Waals surface area contributed by atoms with E-state index in [1.807, 2.05) is 0 Å². The second kappa shape index (κ2) is 3.65. The summed E-state index contributed by atoms with van der Waals surface area (Å²) < 4.78 is 0. The number of rotatable bonds is 2. The van der Waals surface area contributed by atoms with Crippen LogP contribution < -0.4 is 10.6 Å². The van der Waals surface area contributed by atoms with Crippen molar-refractivity contribution >= 4 is 11.9 Å². The third-order valence-corrected chi connectivity index (χ3v) is 2.94. The first-order valence-corrected chi connectivity index (χ1v) is 5.15. The van der Waals surface area contributed by atoms with Crippen molar-refractivity contribution < 1.29 is 19.8 Å². The lowest BCUT2D eigenvalue weighted by Gasteiger charge is -2.25. The Balaban J connectivity index is 2.52. The van der Waals surface area contributed by atoms with Crippen LogP contribution in [0.5, 0.6) is 11.5 Å². The van der Waals surface area contributed by atoms with Crippen LogP contribution in [0.25, 0.3) is 0 Å². The highest BCUT2D eigenvalue weighted by Gasteiger charge is 2.46. The highest BCUT2D eigenvalue weighted by molar-refractivity contribution is 6.07. The molecule has 6 heteroatoms. The summed E-state index contributed by atoms with van der Waals surface area (Å²) in [7, 11) is 0. The molecule has 1 aliphatic rings. The van der Waals surface area contributed by atoms with E-state index in [1.54, 1.807) is 6.92 Å². The summed E-state index contributed by atoms with van der Waals surface area (Å²) >= 11 is 0. The average molecular weight is 236 g/mol. The maximum atomic E-state index is 11.8. The van der Waals surface area contributed by atoms with Crippen LogP contribution in [-0.2, 0) is 10.3 Å². The molecule has 1 fully saturated rings. The predicted octanol–water partition coefficient (Wildman–Crippen LogP) is 0.542. The maximum absolute atomic E-state index is 11.8. The van der Waals surface area contributed by atoms with E-state index in [0.717, 1.165) is 0 Å².